The van der Waals surface area contributed by atoms with Crippen LogP contribution < -0.4 is 25.8 Å². The molecule has 0 saturated heterocycles. The Bertz CT molecular complexity index is 1390. The van der Waals surface area contributed by atoms with E-state index in [1.54, 1.807) is 48.7 Å². The summed E-state index contributed by atoms with van der Waals surface area (Å²) in [6, 6.07) is 9.98. The number of pyridine rings is 1. The molecule has 4 N–H and O–H groups in total. The van der Waals surface area contributed by atoms with E-state index in [2.05, 4.69) is 15.6 Å². The Kier molecular flexibility index (Phi) is 6.90. The topological polar surface area (TPSA) is 98.5 Å². The van der Waals surface area contributed by atoms with Crippen LogP contribution in [0.1, 0.15) is 23.7 Å². The zero-order valence-corrected chi connectivity index (χ0v) is 20.5. The third-order valence-corrected chi connectivity index (χ3v) is 5.95. The van der Waals surface area contributed by atoms with Crippen LogP contribution in [-0.2, 0) is 0 Å². The fraction of sp³-hybridized carbons (Fsp3) is 0.160. The summed E-state index contributed by atoms with van der Waals surface area (Å²) in [7, 11) is 1.45. The van der Waals surface area contributed by atoms with Gasteiger partial charge in [0.2, 0.25) is 0 Å². The molecule has 0 saturated carbocycles. The predicted octanol–water partition coefficient (Wildman–Crippen LogP) is 5.65. The van der Waals surface area contributed by atoms with Crippen LogP contribution in [0.4, 0.5) is 10.1 Å². The van der Waals surface area contributed by atoms with Crippen molar-refractivity contribution in [1.29, 1.82) is 0 Å². The Morgan fingerprint density at radius 3 is 2.71 bits per heavy atom. The summed E-state index contributed by atoms with van der Waals surface area (Å²) in [5.74, 6) is 0.364. The van der Waals surface area contributed by atoms with Crippen molar-refractivity contribution in [1.82, 2.24) is 10.3 Å². The van der Waals surface area contributed by atoms with Gasteiger partial charge in [-0.1, -0.05) is 17.7 Å². The van der Waals surface area contributed by atoms with Crippen molar-refractivity contribution in [2.24, 2.45) is 5.73 Å². The molecule has 1 heterocycles. The lowest BCUT2D eigenvalue weighted by Crippen LogP contribution is -2.46. The minimum absolute atomic E-state index is 0.219. The molecule has 0 radical (unpaired) electrons. The largest absolute Gasteiger partial charge is 0.496 e. The second kappa shape index (κ2) is 9.89. The van der Waals surface area contributed by atoms with E-state index in [1.807, 2.05) is 6.92 Å². The Balaban J connectivity index is 1.52. The summed E-state index contributed by atoms with van der Waals surface area (Å²) in [4.78, 5) is 16.2. The van der Waals surface area contributed by atoms with Crippen molar-refractivity contribution >= 4 is 51.4 Å². The van der Waals surface area contributed by atoms with E-state index < -0.39 is 11.4 Å². The molecule has 1 aromatic heterocycles. The number of rotatable bonds is 6. The molecule has 0 bridgehead atoms. The average molecular weight is 513 g/mol. The normalized spacial score (nSPS) is 17.0. The molecule has 4 rings (SSSR count). The third kappa shape index (κ3) is 5.52. The number of ether oxygens (including phenoxy) is 2. The first-order valence-electron chi connectivity index (χ1n) is 10.6. The van der Waals surface area contributed by atoms with Gasteiger partial charge in [0.05, 0.1) is 34.4 Å². The van der Waals surface area contributed by atoms with Crippen LogP contribution in [-0.4, -0.2) is 28.7 Å². The summed E-state index contributed by atoms with van der Waals surface area (Å²) >= 11 is 11.9. The van der Waals surface area contributed by atoms with Gasteiger partial charge in [0, 0.05) is 23.7 Å². The van der Waals surface area contributed by atoms with Gasteiger partial charge in [0.1, 0.15) is 23.1 Å². The van der Waals surface area contributed by atoms with Crippen LogP contribution in [0.3, 0.4) is 0 Å². The number of hydrogen-bond acceptors (Lipinski definition) is 5. The lowest BCUT2D eigenvalue weighted by molar-refractivity contribution is 0.0997. The quantitative estimate of drug-likeness (QED) is 0.367. The van der Waals surface area contributed by atoms with Gasteiger partial charge in [0.25, 0.3) is 5.91 Å². The van der Waals surface area contributed by atoms with Gasteiger partial charge < -0.3 is 25.8 Å². The molecule has 7 nitrogen and oxygen atoms in total. The van der Waals surface area contributed by atoms with Crippen LogP contribution in [0, 0.1) is 0 Å². The first-order valence-corrected chi connectivity index (χ1v) is 11.3. The molecule has 3 aromatic rings. The van der Waals surface area contributed by atoms with Crippen molar-refractivity contribution < 1.29 is 18.7 Å². The molecule has 1 aliphatic carbocycles. The lowest BCUT2D eigenvalue weighted by atomic mass is 9.93. The third-order valence-electron chi connectivity index (χ3n) is 5.44. The molecular weight excluding hydrogens is 491 g/mol. The second-order valence-corrected chi connectivity index (χ2v) is 8.93. The number of nitrogens with zero attached hydrogens (tertiary/aromatic N) is 1. The Morgan fingerprint density at radius 1 is 1.26 bits per heavy atom. The number of thiocarbonyl (C=S) groups is 1. The Hall–Kier alpha value is -3.69. The molecule has 180 valence electrons. The number of nitrogens with one attached hydrogen (secondary N) is 2. The summed E-state index contributed by atoms with van der Waals surface area (Å²) < 4.78 is 24.6. The monoisotopic (exact) mass is 512 g/mol. The molecule has 2 aromatic carbocycles. The number of fused-ring (bicyclic) bond motifs is 1. The van der Waals surface area contributed by atoms with Crippen molar-refractivity contribution in [3.63, 3.8) is 0 Å². The minimum atomic E-state index is -0.625. The summed E-state index contributed by atoms with van der Waals surface area (Å²) in [6.45, 7) is 1.91. The number of methoxy groups -OCH3 is 1. The van der Waals surface area contributed by atoms with Gasteiger partial charge in [-0.05, 0) is 62.0 Å². The van der Waals surface area contributed by atoms with Gasteiger partial charge in [-0.15, -0.1) is 0 Å². The lowest BCUT2D eigenvalue weighted by Gasteiger charge is -2.30. The number of hydrogen-bond donors (Lipinski definition) is 3. The van der Waals surface area contributed by atoms with Gasteiger partial charge in [0.15, 0.2) is 5.11 Å². The summed E-state index contributed by atoms with van der Waals surface area (Å²) in [5, 5.41) is 7.53. The van der Waals surface area contributed by atoms with E-state index in [4.69, 9.17) is 39.0 Å². The standard InChI is InChI=1S/C25H22ClFN4O3S/c1-25(8-5-14(27)6-9-25)31-24(35)30-19-4-3-15(11-18(19)26)34-21-7-10-29-20-13-22(33-2)17(23(28)32)12-16(20)21/h3-8,10-13H,9H2,1-2H3,(H2,28,32)(H2,30,31,35). The minimum Gasteiger partial charge on any atom is -0.496 e. The van der Waals surface area contributed by atoms with E-state index in [1.165, 1.54) is 19.3 Å². The molecule has 10 heteroatoms. The molecule has 1 aliphatic rings. The zero-order valence-electron chi connectivity index (χ0n) is 18.9. The number of benzene rings is 2. The number of carbonyl (C=O) groups is 1. The molecular formula is C25H22ClFN4O3S. The fourth-order valence-electron chi connectivity index (χ4n) is 3.60. The van der Waals surface area contributed by atoms with Crippen LogP contribution >= 0.6 is 23.8 Å². The highest BCUT2D eigenvalue weighted by molar-refractivity contribution is 7.80. The Morgan fingerprint density at radius 2 is 2.06 bits per heavy atom. The number of aromatic nitrogens is 1. The number of carbonyl (C=O) groups excluding carboxylic acids is 1. The number of allylic oxidation sites excluding steroid dienone is 2. The van der Waals surface area contributed by atoms with Crippen molar-refractivity contribution in [3.05, 3.63) is 77.2 Å². The fourth-order valence-corrected chi connectivity index (χ4v) is 4.16. The van der Waals surface area contributed by atoms with E-state index in [0.717, 1.165) is 0 Å². The highest BCUT2D eigenvalue weighted by Gasteiger charge is 2.23. The van der Waals surface area contributed by atoms with E-state index >= 15 is 0 Å². The molecule has 0 fully saturated rings. The highest BCUT2D eigenvalue weighted by Crippen LogP contribution is 2.35. The van der Waals surface area contributed by atoms with Gasteiger partial charge in [-0.3, -0.25) is 9.78 Å². The zero-order chi connectivity index (χ0) is 25.2. The van der Waals surface area contributed by atoms with E-state index in [0.29, 0.717) is 50.4 Å². The first-order chi connectivity index (χ1) is 16.7. The Labute approximate surface area is 211 Å². The van der Waals surface area contributed by atoms with E-state index in [-0.39, 0.29) is 11.4 Å². The summed E-state index contributed by atoms with van der Waals surface area (Å²) in [5.41, 5.74) is 6.34. The molecule has 1 atom stereocenters. The molecule has 1 amide bonds. The smallest absolute Gasteiger partial charge is 0.252 e. The van der Waals surface area contributed by atoms with Gasteiger partial charge in [-0.25, -0.2) is 4.39 Å². The van der Waals surface area contributed by atoms with Gasteiger partial charge >= 0.3 is 0 Å². The number of halogens is 2. The van der Waals surface area contributed by atoms with Crippen molar-refractivity contribution in [2.75, 3.05) is 12.4 Å². The maximum atomic E-state index is 13.3. The van der Waals surface area contributed by atoms with Crippen LogP contribution in [0.5, 0.6) is 17.2 Å². The molecule has 0 spiro atoms. The summed E-state index contributed by atoms with van der Waals surface area (Å²) in [6.07, 6.45) is 6.68. The number of anilines is 1. The first kappa shape index (κ1) is 24.4. The second-order valence-electron chi connectivity index (χ2n) is 8.11. The highest BCUT2D eigenvalue weighted by atomic mass is 35.5. The van der Waals surface area contributed by atoms with Crippen LogP contribution in [0.15, 0.2) is 66.6 Å². The van der Waals surface area contributed by atoms with Crippen molar-refractivity contribution in [3.8, 4) is 17.2 Å². The number of amides is 1. The maximum absolute atomic E-state index is 13.3. The number of nitrogens with two attached hydrogens (primary N) is 1. The average Bonchev–Trinajstić information content (AvgIpc) is 2.82. The van der Waals surface area contributed by atoms with Crippen LogP contribution in [0.25, 0.3) is 10.9 Å². The SMILES string of the molecule is COc1cc2nccc(Oc3ccc(NC(=S)NC4(C)C=CC(F)=CC4)c(Cl)c3)c2cc1C(N)=O. The maximum Gasteiger partial charge on any atom is 0.252 e. The molecule has 0 aliphatic heterocycles. The van der Waals surface area contributed by atoms with E-state index in [9.17, 15) is 9.18 Å². The van der Waals surface area contributed by atoms with Crippen molar-refractivity contribution in [2.45, 2.75) is 18.9 Å². The molecule has 1 unspecified atom stereocenters. The molecule has 35 heavy (non-hydrogen) atoms. The van der Waals surface area contributed by atoms with Crippen LogP contribution in [0.2, 0.25) is 5.02 Å². The number of primary amides is 1. The van der Waals surface area contributed by atoms with Gasteiger partial charge in [-0.2, -0.15) is 0 Å². The predicted molar refractivity (Wildman–Crippen MR) is 139 cm³/mol.